The summed E-state index contributed by atoms with van der Waals surface area (Å²) in [5.74, 6) is 0.934. The number of rotatable bonds is 5. The first-order chi connectivity index (χ1) is 9.08. The van der Waals surface area contributed by atoms with Gasteiger partial charge in [0.1, 0.15) is 5.75 Å². The summed E-state index contributed by atoms with van der Waals surface area (Å²) in [4.78, 5) is 2.50. The second kappa shape index (κ2) is 6.40. The zero-order chi connectivity index (χ0) is 13.8. The highest BCUT2D eigenvalue weighted by Crippen LogP contribution is 2.28. The number of benzene rings is 1. The summed E-state index contributed by atoms with van der Waals surface area (Å²) in [6.45, 7) is 8.51. The average Bonchev–Trinajstić information content (AvgIpc) is 2.84. The van der Waals surface area contributed by atoms with Gasteiger partial charge in [-0.3, -0.25) is 4.90 Å². The van der Waals surface area contributed by atoms with Gasteiger partial charge in [0.2, 0.25) is 0 Å². The second-order valence-electron chi connectivity index (χ2n) is 5.78. The lowest BCUT2D eigenvalue weighted by molar-refractivity contribution is 0.218. The number of ether oxygens (including phenoxy) is 1. The van der Waals surface area contributed by atoms with Crippen molar-refractivity contribution in [2.24, 2.45) is 5.73 Å². The molecule has 0 saturated carbocycles. The van der Waals surface area contributed by atoms with Crippen molar-refractivity contribution in [1.29, 1.82) is 0 Å². The van der Waals surface area contributed by atoms with Crippen LogP contribution in [-0.4, -0.2) is 30.1 Å². The van der Waals surface area contributed by atoms with Crippen LogP contribution < -0.4 is 10.5 Å². The summed E-state index contributed by atoms with van der Waals surface area (Å²) in [6, 6.07) is 8.90. The minimum absolute atomic E-state index is 0.148. The molecule has 3 nitrogen and oxygen atoms in total. The Hall–Kier alpha value is -1.06. The van der Waals surface area contributed by atoms with Gasteiger partial charge < -0.3 is 10.5 Å². The van der Waals surface area contributed by atoms with Crippen molar-refractivity contribution in [3.63, 3.8) is 0 Å². The van der Waals surface area contributed by atoms with Gasteiger partial charge in [0.15, 0.2) is 0 Å². The molecule has 0 bridgehead atoms. The number of hydrogen-bond donors (Lipinski definition) is 1. The summed E-state index contributed by atoms with van der Waals surface area (Å²) < 4.78 is 5.69. The summed E-state index contributed by atoms with van der Waals surface area (Å²) >= 11 is 0. The molecule has 19 heavy (non-hydrogen) atoms. The van der Waals surface area contributed by atoms with Crippen LogP contribution in [0.2, 0.25) is 0 Å². The monoisotopic (exact) mass is 262 g/mol. The van der Waals surface area contributed by atoms with Gasteiger partial charge in [-0.15, -0.1) is 0 Å². The molecule has 2 rings (SSSR count). The van der Waals surface area contributed by atoms with Crippen molar-refractivity contribution in [3.05, 3.63) is 29.8 Å². The normalized spacial score (nSPS) is 19.6. The number of nitrogens with zero attached hydrogens (tertiary/aromatic N) is 1. The van der Waals surface area contributed by atoms with E-state index in [-0.39, 0.29) is 12.1 Å². The highest BCUT2D eigenvalue weighted by molar-refractivity contribution is 5.30. The number of nitrogens with two attached hydrogens (primary N) is 1. The fraction of sp³-hybridized carbons (Fsp3) is 0.625. The van der Waals surface area contributed by atoms with Gasteiger partial charge >= 0.3 is 0 Å². The fourth-order valence-electron chi connectivity index (χ4n) is 2.88. The van der Waals surface area contributed by atoms with Crippen LogP contribution in [0.3, 0.4) is 0 Å². The van der Waals surface area contributed by atoms with E-state index < -0.39 is 0 Å². The Morgan fingerprint density at radius 2 is 1.63 bits per heavy atom. The molecular formula is C16H26N2O. The Balaban J connectivity index is 2.13. The van der Waals surface area contributed by atoms with E-state index in [1.54, 1.807) is 0 Å². The third kappa shape index (κ3) is 3.71. The van der Waals surface area contributed by atoms with E-state index in [1.165, 1.54) is 18.4 Å². The van der Waals surface area contributed by atoms with Crippen LogP contribution in [0.1, 0.15) is 45.2 Å². The van der Waals surface area contributed by atoms with E-state index in [1.807, 2.05) is 13.8 Å². The molecule has 0 spiro atoms. The van der Waals surface area contributed by atoms with E-state index in [4.69, 9.17) is 10.5 Å². The minimum atomic E-state index is 0.148. The highest BCUT2D eigenvalue weighted by Gasteiger charge is 2.26. The Morgan fingerprint density at radius 1 is 1.05 bits per heavy atom. The van der Waals surface area contributed by atoms with E-state index in [0.29, 0.717) is 6.04 Å². The minimum Gasteiger partial charge on any atom is -0.491 e. The lowest BCUT2D eigenvalue weighted by Gasteiger charge is -2.31. The van der Waals surface area contributed by atoms with Crippen molar-refractivity contribution in [2.75, 3.05) is 13.1 Å². The molecule has 1 heterocycles. The molecule has 2 atom stereocenters. The second-order valence-corrected chi connectivity index (χ2v) is 5.78. The maximum atomic E-state index is 6.19. The van der Waals surface area contributed by atoms with Crippen molar-refractivity contribution in [3.8, 4) is 5.75 Å². The van der Waals surface area contributed by atoms with E-state index in [0.717, 1.165) is 18.8 Å². The summed E-state index contributed by atoms with van der Waals surface area (Å²) in [7, 11) is 0. The SMILES string of the molecule is CC(C)Oc1ccc(C(C(C)N)N2CCCC2)cc1. The Kier molecular flexibility index (Phi) is 4.83. The van der Waals surface area contributed by atoms with Crippen molar-refractivity contribution in [2.45, 2.75) is 51.8 Å². The standard InChI is InChI=1S/C16H26N2O/c1-12(2)19-15-8-6-14(7-9-15)16(13(3)17)18-10-4-5-11-18/h6-9,12-13,16H,4-5,10-11,17H2,1-3H3. The molecule has 2 unspecified atom stereocenters. The molecule has 1 saturated heterocycles. The largest absolute Gasteiger partial charge is 0.491 e. The predicted molar refractivity (Wildman–Crippen MR) is 79.4 cm³/mol. The molecule has 1 aliphatic heterocycles. The molecule has 1 aromatic carbocycles. The predicted octanol–water partition coefficient (Wildman–Crippen LogP) is 2.96. The van der Waals surface area contributed by atoms with Crippen LogP contribution in [0.4, 0.5) is 0 Å². The Morgan fingerprint density at radius 3 is 2.11 bits per heavy atom. The van der Waals surface area contributed by atoms with E-state index in [2.05, 4.69) is 36.1 Å². The summed E-state index contributed by atoms with van der Waals surface area (Å²) in [5.41, 5.74) is 7.49. The van der Waals surface area contributed by atoms with Crippen LogP contribution in [0.15, 0.2) is 24.3 Å². The maximum absolute atomic E-state index is 6.19. The fourth-order valence-corrected chi connectivity index (χ4v) is 2.88. The van der Waals surface area contributed by atoms with Gasteiger partial charge in [-0.1, -0.05) is 12.1 Å². The summed E-state index contributed by atoms with van der Waals surface area (Å²) in [5, 5.41) is 0. The van der Waals surface area contributed by atoms with Crippen molar-refractivity contribution in [1.82, 2.24) is 4.90 Å². The zero-order valence-electron chi connectivity index (χ0n) is 12.3. The van der Waals surface area contributed by atoms with Gasteiger partial charge in [-0.2, -0.15) is 0 Å². The smallest absolute Gasteiger partial charge is 0.119 e. The van der Waals surface area contributed by atoms with Crippen molar-refractivity contribution < 1.29 is 4.74 Å². The topological polar surface area (TPSA) is 38.5 Å². The van der Waals surface area contributed by atoms with Gasteiger partial charge in [0, 0.05) is 12.1 Å². The molecule has 0 aromatic heterocycles. The lowest BCUT2D eigenvalue weighted by Crippen LogP contribution is -2.37. The van der Waals surface area contributed by atoms with Crippen LogP contribution >= 0.6 is 0 Å². The van der Waals surface area contributed by atoms with Gasteiger partial charge in [0.25, 0.3) is 0 Å². The van der Waals surface area contributed by atoms with Gasteiger partial charge in [-0.25, -0.2) is 0 Å². The first-order valence-corrected chi connectivity index (χ1v) is 7.34. The number of likely N-dealkylation sites (tertiary alicyclic amines) is 1. The third-order valence-corrected chi connectivity index (χ3v) is 3.63. The lowest BCUT2D eigenvalue weighted by atomic mass is 9.99. The molecule has 0 amide bonds. The van der Waals surface area contributed by atoms with Crippen LogP contribution in [-0.2, 0) is 0 Å². The van der Waals surface area contributed by atoms with E-state index >= 15 is 0 Å². The molecular weight excluding hydrogens is 236 g/mol. The first-order valence-electron chi connectivity index (χ1n) is 7.34. The molecule has 106 valence electrons. The molecule has 2 N–H and O–H groups in total. The zero-order valence-corrected chi connectivity index (χ0v) is 12.3. The van der Waals surface area contributed by atoms with Gasteiger partial charge in [0.05, 0.1) is 6.10 Å². The molecule has 0 radical (unpaired) electrons. The Labute approximate surface area is 116 Å². The van der Waals surface area contributed by atoms with Crippen LogP contribution in [0.5, 0.6) is 5.75 Å². The van der Waals surface area contributed by atoms with E-state index in [9.17, 15) is 0 Å². The maximum Gasteiger partial charge on any atom is 0.119 e. The molecule has 0 aliphatic carbocycles. The number of hydrogen-bond acceptors (Lipinski definition) is 3. The summed E-state index contributed by atoms with van der Waals surface area (Å²) in [6.07, 6.45) is 2.80. The van der Waals surface area contributed by atoms with Crippen LogP contribution in [0, 0.1) is 0 Å². The molecule has 1 aromatic rings. The quantitative estimate of drug-likeness (QED) is 0.886. The van der Waals surface area contributed by atoms with Gasteiger partial charge in [-0.05, 0) is 64.4 Å². The average molecular weight is 262 g/mol. The molecule has 1 fully saturated rings. The van der Waals surface area contributed by atoms with Crippen LogP contribution in [0.25, 0.3) is 0 Å². The van der Waals surface area contributed by atoms with Crippen molar-refractivity contribution >= 4 is 0 Å². The highest BCUT2D eigenvalue weighted by atomic mass is 16.5. The first kappa shape index (κ1) is 14.4. The Bertz CT molecular complexity index is 380. The molecule has 3 heteroatoms. The molecule has 1 aliphatic rings. The third-order valence-electron chi connectivity index (χ3n) is 3.63.